The highest BCUT2D eigenvalue weighted by Gasteiger charge is 2.16. The lowest BCUT2D eigenvalue weighted by Gasteiger charge is -2.24. The Kier molecular flexibility index (Phi) is 4.48. The van der Waals surface area contributed by atoms with Crippen LogP contribution in [0.2, 0.25) is 0 Å². The summed E-state index contributed by atoms with van der Waals surface area (Å²) >= 11 is 0. The highest BCUT2D eigenvalue weighted by atomic mass is 19.1. The van der Waals surface area contributed by atoms with Crippen molar-refractivity contribution in [2.24, 2.45) is 0 Å². The fraction of sp³-hybridized carbons (Fsp3) is 0.538. The first-order chi connectivity index (χ1) is 8.25. The SMILES string of the molecule is O[C@H](CCC1OCCCO1)c1ccc(F)cc1. The van der Waals surface area contributed by atoms with Crippen LogP contribution in [0.25, 0.3) is 0 Å². The van der Waals surface area contributed by atoms with E-state index in [0.29, 0.717) is 12.8 Å². The van der Waals surface area contributed by atoms with Gasteiger partial charge in [-0.3, -0.25) is 0 Å². The molecule has 0 amide bonds. The van der Waals surface area contributed by atoms with Gasteiger partial charge >= 0.3 is 0 Å². The molecule has 0 saturated carbocycles. The van der Waals surface area contributed by atoms with E-state index in [4.69, 9.17) is 9.47 Å². The molecule has 1 fully saturated rings. The summed E-state index contributed by atoms with van der Waals surface area (Å²) in [6.07, 6.45) is 1.33. The molecule has 0 aliphatic carbocycles. The fourth-order valence-corrected chi connectivity index (χ4v) is 1.85. The van der Waals surface area contributed by atoms with Gasteiger partial charge in [0.1, 0.15) is 5.82 Å². The van der Waals surface area contributed by atoms with Crippen molar-refractivity contribution in [3.05, 3.63) is 35.6 Å². The molecule has 94 valence electrons. The number of hydrogen-bond donors (Lipinski definition) is 1. The van der Waals surface area contributed by atoms with E-state index in [-0.39, 0.29) is 12.1 Å². The number of hydrogen-bond acceptors (Lipinski definition) is 3. The Bertz CT molecular complexity index is 333. The molecule has 1 aliphatic rings. The van der Waals surface area contributed by atoms with Crippen molar-refractivity contribution >= 4 is 0 Å². The van der Waals surface area contributed by atoms with Gasteiger partial charge in [-0.05, 0) is 30.5 Å². The van der Waals surface area contributed by atoms with Gasteiger partial charge in [-0.1, -0.05) is 12.1 Å². The molecule has 1 aliphatic heterocycles. The van der Waals surface area contributed by atoms with Crippen LogP contribution in [0.1, 0.15) is 30.9 Å². The third-order valence-electron chi connectivity index (χ3n) is 2.83. The summed E-state index contributed by atoms with van der Waals surface area (Å²) in [5.41, 5.74) is 0.724. The molecule has 1 aromatic rings. The van der Waals surface area contributed by atoms with Crippen LogP contribution in [0.5, 0.6) is 0 Å². The summed E-state index contributed by atoms with van der Waals surface area (Å²) in [5, 5.41) is 9.91. The van der Waals surface area contributed by atoms with E-state index >= 15 is 0 Å². The van der Waals surface area contributed by atoms with Gasteiger partial charge in [0, 0.05) is 6.42 Å². The Labute approximate surface area is 100 Å². The second-order valence-corrected chi connectivity index (χ2v) is 4.17. The second-order valence-electron chi connectivity index (χ2n) is 4.17. The van der Waals surface area contributed by atoms with Crippen LogP contribution in [0, 0.1) is 5.82 Å². The molecule has 0 bridgehead atoms. The first-order valence-electron chi connectivity index (χ1n) is 5.92. The third kappa shape index (κ3) is 3.77. The van der Waals surface area contributed by atoms with Gasteiger partial charge in [-0.15, -0.1) is 0 Å². The minimum absolute atomic E-state index is 0.209. The van der Waals surface area contributed by atoms with Gasteiger partial charge in [-0.25, -0.2) is 4.39 Å². The summed E-state index contributed by atoms with van der Waals surface area (Å²) in [7, 11) is 0. The maximum Gasteiger partial charge on any atom is 0.157 e. The molecule has 1 aromatic carbocycles. The van der Waals surface area contributed by atoms with Crippen molar-refractivity contribution in [1.29, 1.82) is 0 Å². The molecule has 1 saturated heterocycles. The predicted molar refractivity (Wildman–Crippen MR) is 60.9 cm³/mol. The molecule has 4 heteroatoms. The lowest BCUT2D eigenvalue weighted by Crippen LogP contribution is -2.25. The lowest BCUT2D eigenvalue weighted by atomic mass is 10.0. The van der Waals surface area contributed by atoms with Gasteiger partial charge in [0.2, 0.25) is 0 Å². The van der Waals surface area contributed by atoms with E-state index in [1.54, 1.807) is 12.1 Å². The quantitative estimate of drug-likeness (QED) is 0.878. The van der Waals surface area contributed by atoms with Gasteiger partial charge in [0.25, 0.3) is 0 Å². The van der Waals surface area contributed by atoms with Crippen molar-refractivity contribution in [1.82, 2.24) is 0 Å². The van der Waals surface area contributed by atoms with Crippen molar-refractivity contribution < 1.29 is 19.0 Å². The molecule has 0 spiro atoms. The smallest absolute Gasteiger partial charge is 0.157 e. The normalized spacial score (nSPS) is 19.2. The summed E-state index contributed by atoms with van der Waals surface area (Å²) in [6, 6.07) is 5.91. The van der Waals surface area contributed by atoms with Crippen molar-refractivity contribution in [2.75, 3.05) is 13.2 Å². The van der Waals surface area contributed by atoms with E-state index < -0.39 is 6.10 Å². The lowest BCUT2D eigenvalue weighted by molar-refractivity contribution is -0.183. The largest absolute Gasteiger partial charge is 0.388 e. The molecule has 17 heavy (non-hydrogen) atoms. The van der Waals surface area contributed by atoms with Crippen molar-refractivity contribution in [3.8, 4) is 0 Å². The standard InChI is InChI=1S/C13H17FO3/c14-11-4-2-10(3-5-11)12(15)6-7-13-16-8-1-9-17-13/h2-5,12-13,15H,1,6-9H2/t12-/m1/s1. The molecule has 1 N–H and O–H groups in total. The average molecular weight is 240 g/mol. The van der Waals surface area contributed by atoms with E-state index in [2.05, 4.69) is 0 Å². The minimum Gasteiger partial charge on any atom is -0.388 e. The maximum atomic E-state index is 12.7. The van der Waals surface area contributed by atoms with Crippen LogP contribution in [0.4, 0.5) is 4.39 Å². The van der Waals surface area contributed by atoms with Crippen LogP contribution >= 0.6 is 0 Å². The van der Waals surface area contributed by atoms with E-state index in [9.17, 15) is 9.50 Å². The van der Waals surface area contributed by atoms with Crippen LogP contribution < -0.4 is 0 Å². The molecule has 3 nitrogen and oxygen atoms in total. The molecule has 0 unspecified atom stereocenters. The van der Waals surface area contributed by atoms with Gasteiger partial charge in [0.05, 0.1) is 19.3 Å². The monoisotopic (exact) mass is 240 g/mol. The molecule has 0 radical (unpaired) electrons. The summed E-state index contributed by atoms with van der Waals surface area (Å²) < 4.78 is 23.5. The number of rotatable bonds is 4. The number of aliphatic hydroxyl groups is 1. The van der Waals surface area contributed by atoms with Crippen LogP contribution in [0.3, 0.4) is 0 Å². The summed E-state index contributed by atoms with van der Waals surface area (Å²) in [4.78, 5) is 0. The Morgan fingerprint density at radius 3 is 2.53 bits per heavy atom. The number of halogens is 1. The van der Waals surface area contributed by atoms with E-state index in [1.165, 1.54) is 12.1 Å². The van der Waals surface area contributed by atoms with Crippen molar-refractivity contribution in [2.45, 2.75) is 31.7 Å². The highest BCUT2D eigenvalue weighted by molar-refractivity contribution is 5.18. The number of aliphatic hydroxyl groups excluding tert-OH is 1. The first kappa shape index (κ1) is 12.5. The van der Waals surface area contributed by atoms with Crippen LogP contribution in [0.15, 0.2) is 24.3 Å². The Morgan fingerprint density at radius 2 is 1.88 bits per heavy atom. The predicted octanol–water partition coefficient (Wildman–Crippen LogP) is 2.40. The van der Waals surface area contributed by atoms with Crippen molar-refractivity contribution in [3.63, 3.8) is 0 Å². The molecule has 2 rings (SSSR count). The molecule has 1 atom stereocenters. The number of benzene rings is 1. The van der Waals surface area contributed by atoms with Gasteiger partial charge in [0.15, 0.2) is 6.29 Å². The average Bonchev–Trinajstić information content (AvgIpc) is 2.38. The third-order valence-corrected chi connectivity index (χ3v) is 2.83. The zero-order chi connectivity index (χ0) is 12.1. The molecular formula is C13H17FO3. The zero-order valence-corrected chi connectivity index (χ0v) is 9.64. The van der Waals surface area contributed by atoms with Crippen LogP contribution in [-0.4, -0.2) is 24.6 Å². The second kappa shape index (κ2) is 6.10. The van der Waals surface area contributed by atoms with Gasteiger partial charge in [-0.2, -0.15) is 0 Å². The molecular weight excluding hydrogens is 223 g/mol. The maximum absolute atomic E-state index is 12.7. The van der Waals surface area contributed by atoms with E-state index in [1.807, 2.05) is 0 Å². The number of ether oxygens (including phenoxy) is 2. The topological polar surface area (TPSA) is 38.7 Å². The minimum atomic E-state index is -0.593. The van der Waals surface area contributed by atoms with E-state index in [0.717, 1.165) is 25.2 Å². The highest BCUT2D eigenvalue weighted by Crippen LogP contribution is 2.21. The molecule has 0 aromatic heterocycles. The first-order valence-corrected chi connectivity index (χ1v) is 5.92. The molecule has 1 heterocycles. The Hall–Kier alpha value is -0.970. The Morgan fingerprint density at radius 1 is 1.24 bits per heavy atom. The van der Waals surface area contributed by atoms with Crippen LogP contribution in [-0.2, 0) is 9.47 Å². The van der Waals surface area contributed by atoms with Gasteiger partial charge < -0.3 is 14.6 Å². The summed E-state index contributed by atoms with van der Waals surface area (Å²) in [5.74, 6) is -0.292. The summed E-state index contributed by atoms with van der Waals surface area (Å²) in [6.45, 7) is 1.44. The Balaban J connectivity index is 1.80. The fourth-order valence-electron chi connectivity index (χ4n) is 1.85. The zero-order valence-electron chi connectivity index (χ0n) is 9.64.